The first kappa shape index (κ1) is 24.7. The van der Waals surface area contributed by atoms with Crippen molar-refractivity contribution in [2.75, 3.05) is 11.1 Å². The Kier molecular flexibility index (Phi) is 8.02. The molecule has 0 fully saturated rings. The van der Waals surface area contributed by atoms with E-state index < -0.39 is 17.1 Å². The summed E-state index contributed by atoms with van der Waals surface area (Å²) in [6.45, 7) is 1.92. The van der Waals surface area contributed by atoms with Crippen LogP contribution in [-0.4, -0.2) is 21.2 Å². The second kappa shape index (κ2) is 11.4. The predicted molar refractivity (Wildman–Crippen MR) is 139 cm³/mol. The molecule has 0 spiro atoms. The van der Waals surface area contributed by atoms with E-state index in [9.17, 15) is 13.7 Å². The van der Waals surface area contributed by atoms with E-state index in [1.165, 1.54) is 12.3 Å². The quantitative estimate of drug-likeness (QED) is 0.198. The molecule has 0 saturated heterocycles. The lowest BCUT2D eigenvalue weighted by Crippen LogP contribution is -2.14. The molecule has 0 bridgehead atoms. The van der Waals surface area contributed by atoms with E-state index in [1.54, 1.807) is 48.5 Å². The van der Waals surface area contributed by atoms with Crippen LogP contribution < -0.4 is 10.1 Å². The molecule has 8 heteroatoms. The fraction of sp³-hybridized carbons (Fsp3) is 0.111. The van der Waals surface area contributed by atoms with Crippen LogP contribution in [0.15, 0.2) is 90.0 Å². The number of amides is 1. The van der Waals surface area contributed by atoms with Crippen LogP contribution in [0.3, 0.4) is 0 Å². The van der Waals surface area contributed by atoms with Gasteiger partial charge in [0, 0.05) is 34.1 Å². The van der Waals surface area contributed by atoms with Crippen molar-refractivity contribution in [3.05, 3.63) is 102 Å². The molecule has 1 amide bonds. The lowest BCUT2D eigenvalue weighted by atomic mass is 10.1. The number of nitrogens with zero attached hydrogens (tertiary/aromatic N) is 1. The number of carbonyl (C=O) groups excluding carboxylic acids is 1. The lowest BCUT2D eigenvalue weighted by molar-refractivity contribution is -0.115. The minimum atomic E-state index is -0.782. The Morgan fingerprint density at radius 3 is 2.57 bits per heavy atom. The molecular formula is C27H23ClFN2O3S+. The molecule has 1 aromatic heterocycles. The average Bonchev–Trinajstić information content (AvgIpc) is 2.85. The summed E-state index contributed by atoms with van der Waals surface area (Å²) in [6, 6.07) is 22.5. The summed E-state index contributed by atoms with van der Waals surface area (Å²) in [7, 11) is 0. The highest BCUT2D eigenvalue weighted by Crippen LogP contribution is 2.36. The first-order chi connectivity index (χ1) is 16.9. The van der Waals surface area contributed by atoms with Crippen molar-refractivity contribution in [2.45, 2.75) is 18.2 Å². The van der Waals surface area contributed by atoms with E-state index in [1.807, 2.05) is 31.2 Å². The first-order valence-corrected chi connectivity index (χ1v) is 12.6. The molecule has 35 heavy (non-hydrogen) atoms. The molecule has 0 aliphatic carbocycles. The molecule has 0 saturated carbocycles. The van der Waals surface area contributed by atoms with Gasteiger partial charge in [0.25, 0.3) is 0 Å². The van der Waals surface area contributed by atoms with Gasteiger partial charge in [0.15, 0.2) is 16.1 Å². The third kappa shape index (κ3) is 6.60. The van der Waals surface area contributed by atoms with Gasteiger partial charge in [0.1, 0.15) is 17.3 Å². The standard InChI is InChI=1S/C27H22ClFN2O3S/c1-2-35(33)23-10-6-18(7-11-23)14-27(32)31-21-9-12-24(19-8-13-26(29)30-17-19)25(16-21)34-22-5-3-4-20(28)15-22/h3-13,15-17,33H,2,14H2,1H3/p+1. The Bertz CT molecular complexity index is 1320. The van der Waals surface area contributed by atoms with Crippen LogP contribution in [0.4, 0.5) is 10.1 Å². The summed E-state index contributed by atoms with van der Waals surface area (Å²) in [5, 5.41) is 3.42. The van der Waals surface area contributed by atoms with Gasteiger partial charge < -0.3 is 10.1 Å². The smallest absolute Gasteiger partial charge is 0.228 e. The van der Waals surface area contributed by atoms with E-state index in [2.05, 4.69) is 10.3 Å². The second-order valence-electron chi connectivity index (χ2n) is 7.66. The van der Waals surface area contributed by atoms with Crippen LogP contribution in [0, 0.1) is 5.95 Å². The predicted octanol–water partition coefficient (Wildman–Crippen LogP) is 6.98. The number of pyridine rings is 1. The normalized spacial score (nSPS) is 11.7. The fourth-order valence-corrected chi connectivity index (χ4v) is 4.40. The van der Waals surface area contributed by atoms with E-state index in [4.69, 9.17) is 16.3 Å². The van der Waals surface area contributed by atoms with Crippen LogP contribution in [-0.2, 0) is 22.4 Å². The van der Waals surface area contributed by atoms with Gasteiger partial charge in [0.05, 0.1) is 6.42 Å². The molecule has 0 radical (unpaired) electrons. The molecule has 1 heterocycles. The zero-order valence-electron chi connectivity index (χ0n) is 18.9. The Labute approximate surface area is 211 Å². The molecule has 0 aliphatic heterocycles. The Balaban J connectivity index is 1.55. The number of aromatic nitrogens is 1. The Hall–Kier alpha value is -3.39. The molecule has 3 aromatic carbocycles. The van der Waals surface area contributed by atoms with Crippen LogP contribution in [0.25, 0.3) is 11.1 Å². The summed E-state index contributed by atoms with van der Waals surface area (Å²) in [6.07, 6.45) is 1.60. The molecule has 2 N–H and O–H groups in total. The van der Waals surface area contributed by atoms with Crippen molar-refractivity contribution < 1.29 is 18.5 Å². The highest BCUT2D eigenvalue weighted by molar-refractivity contribution is 7.91. The second-order valence-corrected chi connectivity index (χ2v) is 9.88. The number of benzene rings is 3. The number of halogens is 2. The van der Waals surface area contributed by atoms with Gasteiger partial charge in [-0.15, -0.1) is 0 Å². The zero-order chi connectivity index (χ0) is 24.8. The van der Waals surface area contributed by atoms with Crippen LogP contribution >= 0.6 is 11.6 Å². The number of nitrogens with one attached hydrogen (secondary N) is 1. The highest BCUT2D eigenvalue weighted by atomic mass is 35.5. The fourth-order valence-electron chi connectivity index (χ4n) is 3.44. The van der Waals surface area contributed by atoms with Gasteiger partial charge in [-0.2, -0.15) is 8.94 Å². The van der Waals surface area contributed by atoms with Gasteiger partial charge >= 0.3 is 0 Å². The van der Waals surface area contributed by atoms with Crippen LogP contribution in [0.5, 0.6) is 11.5 Å². The molecule has 178 valence electrons. The molecule has 1 unspecified atom stereocenters. The molecule has 0 aliphatic rings. The highest BCUT2D eigenvalue weighted by Gasteiger charge is 2.16. The number of carbonyl (C=O) groups is 1. The van der Waals surface area contributed by atoms with Gasteiger partial charge in [-0.1, -0.05) is 29.8 Å². The molecule has 5 nitrogen and oxygen atoms in total. The van der Waals surface area contributed by atoms with Crippen LogP contribution in [0.1, 0.15) is 12.5 Å². The monoisotopic (exact) mass is 509 g/mol. The van der Waals surface area contributed by atoms with Gasteiger partial charge in [-0.3, -0.25) is 4.79 Å². The minimum absolute atomic E-state index is 0.180. The summed E-state index contributed by atoms with van der Waals surface area (Å²) in [4.78, 5) is 17.3. The van der Waals surface area contributed by atoms with Crippen molar-refractivity contribution in [2.24, 2.45) is 0 Å². The number of ether oxygens (including phenoxy) is 1. The third-order valence-corrected chi connectivity index (χ3v) is 6.76. The summed E-state index contributed by atoms with van der Waals surface area (Å²) in [5.74, 6) is 0.863. The number of anilines is 1. The van der Waals surface area contributed by atoms with Crippen molar-refractivity contribution in [3.8, 4) is 22.6 Å². The van der Waals surface area contributed by atoms with Crippen LogP contribution in [0.2, 0.25) is 5.02 Å². The van der Waals surface area contributed by atoms with Crippen molar-refractivity contribution in [3.63, 3.8) is 0 Å². The van der Waals surface area contributed by atoms with Crippen molar-refractivity contribution >= 4 is 34.4 Å². The Morgan fingerprint density at radius 2 is 1.89 bits per heavy atom. The average molecular weight is 510 g/mol. The zero-order valence-corrected chi connectivity index (χ0v) is 20.4. The van der Waals surface area contributed by atoms with Gasteiger partial charge in [-0.25, -0.2) is 4.98 Å². The summed E-state index contributed by atoms with van der Waals surface area (Å²) < 4.78 is 29.4. The number of hydrogen-bond acceptors (Lipinski definition) is 4. The van der Waals surface area contributed by atoms with E-state index in [0.29, 0.717) is 39.1 Å². The molecular weight excluding hydrogens is 487 g/mol. The topological polar surface area (TPSA) is 71.5 Å². The maximum absolute atomic E-state index is 13.3. The number of rotatable bonds is 8. The Morgan fingerprint density at radius 1 is 1.09 bits per heavy atom. The molecule has 4 rings (SSSR count). The maximum Gasteiger partial charge on any atom is 0.228 e. The third-order valence-electron chi connectivity index (χ3n) is 5.16. The van der Waals surface area contributed by atoms with Gasteiger partial charge in [0.2, 0.25) is 11.9 Å². The van der Waals surface area contributed by atoms with Crippen molar-refractivity contribution in [1.29, 1.82) is 0 Å². The van der Waals surface area contributed by atoms with E-state index >= 15 is 0 Å². The van der Waals surface area contributed by atoms with E-state index in [0.717, 1.165) is 10.5 Å². The molecule has 1 atom stereocenters. The number of hydrogen-bond donors (Lipinski definition) is 2. The summed E-state index contributed by atoms with van der Waals surface area (Å²) >= 11 is 5.31. The first-order valence-electron chi connectivity index (χ1n) is 10.9. The minimum Gasteiger partial charge on any atom is -0.457 e. The molecule has 4 aromatic rings. The van der Waals surface area contributed by atoms with E-state index in [-0.39, 0.29) is 12.3 Å². The maximum atomic E-state index is 13.3. The van der Waals surface area contributed by atoms with Gasteiger partial charge in [-0.05, 0) is 67.1 Å². The SMILES string of the molecule is CC[S+](O)c1ccc(CC(=O)Nc2ccc(-c3ccc(F)nc3)c(Oc3cccc(Cl)c3)c2)cc1. The largest absolute Gasteiger partial charge is 0.457 e. The van der Waals surface area contributed by atoms with Crippen molar-refractivity contribution in [1.82, 2.24) is 4.98 Å². The summed E-state index contributed by atoms with van der Waals surface area (Å²) in [5.41, 5.74) is 2.73. The lowest BCUT2D eigenvalue weighted by Gasteiger charge is -2.14.